The molecular weight excluding hydrogens is 462 g/mol. The molecule has 0 spiro atoms. The van der Waals surface area contributed by atoms with Crippen LogP contribution in [0, 0.1) is 0 Å². The van der Waals surface area contributed by atoms with Crippen LogP contribution in [0.3, 0.4) is 0 Å². The number of carbonyl (C=O) groups is 1. The number of piperazine rings is 1. The number of rotatable bonds is 6. The smallest absolute Gasteiger partial charge is 0.238 e. The summed E-state index contributed by atoms with van der Waals surface area (Å²) in [5.41, 5.74) is 2.15. The van der Waals surface area contributed by atoms with Gasteiger partial charge in [-0.1, -0.05) is 12.1 Å². The quantitative estimate of drug-likeness (QED) is 0.672. The average Bonchev–Trinajstić information content (AvgIpc) is 2.76. The summed E-state index contributed by atoms with van der Waals surface area (Å²) in [5.74, 6) is 3.46. The number of benzene rings is 1. The SMILES string of the molecule is O=C(CN1CCN(c2ccc(Br)cn2)CC1)Nc1cccc(CN2CCSCC2)c1. The van der Waals surface area contributed by atoms with E-state index in [0.29, 0.717) is 6.54 Å². The standard InChI is InChI=1S/C22H28BrN5OS/c23-19-4-5-21(24-15-19)28-8-6-26(7-9-28)17-22(29)25-20-3-1-2-18(14-20)16-27-10-12-30-13-11-27/h1-5,14-15H,6-13,16-17H2,(H,25,29). The highest BCUT2D eigenvalue weighted by Gasteiger charge is 2.20. The molecule has 2 aliphatic heterocycles. The Hall–Kier alpha value is -1.61. The Morgan fingerprint density at radius 1 is 1.03 bits per heavy atom. The number of carbonyl (C=O) groups excluding carboxylic acids is 1. The molecule has 0 aliphatic carbocycles. The molecule has 2 fully saturated rings. The van der Waals surface area contributed by atoms with Gasteiger partial charge in [-0.2, -0.15) is 11.8 Å². The molecule has 30 heavy (non-hydrogen) atoms. The van der Waals surface area contributed by atoms with Crippen LogP contribution in [-0.4, -0.2) is 78.0 Å². The molecular formula is C22H28BrN5OS. The Morgan fingerprint density at radius 3 is 2.57 bits per heavy atom. The first-order valence-electron chi connectivity index (χ1n) is 10.4. The van der Waals surface area contributed by atoms with Gasteiger partial charge in [0.05, 0.1) is 6.54 Å². The van der Waals surface area contributed by atoms with Crippen molar-refractivity contribution in [1.29, 1.82) is 0 Å². The zero-order chi connectivity index (χ0) is 20.8. The summed E-state index contributed by atoms with van der Waals surface area (Å²) < 4.78 is 0.987. The first-order chi connectivity index (χ1) is 14.7. The highest BCUT2D eigenvalue weighted by atomic mass is 79.9. The fourth-order valence-corrected chi connectivity index (χ4v) is 5.07. The van der Waals surface area contributed by atoms with E-state index < -0.39 is 0 Å². The van der Waals surface area contributed by atoms with Gasteiger partial charge in [0.25, 0.3) is 0 Å². The van der Waals surface area contributed by atoms with Crippen molar-refractivity contribution in [3.8, 4) is 0 Å². The lowest BCUT2D eigenvalue weighted by atomic mass is 10.2. The third kappa shape index (κ3) is 6.20. The van der Waals surface area contributed by atoms with Crippen LogP contribution in [0.1, 0.15) is 5.56 Å². The number of pyridine rings is 1. The molecule has 6 nitrogen and oxygen atoms in total. The number of nitrogens with zero attached hydrogens (tertiary/aromatic N) is 4. The van der Waals surface area contributed by atoms with Gasteiger partial charge in [-0.3, -0.25) is 14.6 Å². The number of thioether (sulfide) groups is 1. The number of aromatic nitrogens is 1. The second kappa shape index (κ2) is 10.6. The minimum Gasteiger partial charge on any atom is -0.354 e. The van der Waals surface area contributed by atoms with Crippen LogP contribution in [0.2, 0.25) is 0 Å². The highest BCUT2D eigenvalue weighted by molar-refractivity contribution is 9.10. The predicted molar refractivity (Wildman–Crippen MR) is 128 cm³/mol. The van der Waals surface area contributed by atoms with E-state index in [0.717, 1.165) is 61.8 Å². The third-order valence-electron chi connectivity index (χ3n) is 5.50. The van der Waals surface area contributed by atoms with Crippen molar-refractivity contribution in [2.24, 2.45) is 0 Å². The first kappa shape index (κ1) is 21.6. The largest absolute Gasteiger partial charge is 0.354 e. The third-order valence-corrected chi connectivity index (χ3v) is 6.91. The summed E-state index contributed by atoms with van der Waals surface area (Å²) in [6.45, 7) is 7.14. The van der Waals surface area contributed by atoms with Gasteiger partial charge in [-0.05, 0) is 45.8 Å². The van der Waals surface area contributed by atoms with Crippen molar-refractivity contribution in [2.75, 3.05) is 67.5 Å². The molecule has 0 radical (unpaired) electrons. The van der Waals surface area contributed by atoms with Crippen LogP contribution >= 0.6 is 27.7 Å². The zero-order valence-electron chi connectivity index (χ0n) is 17.1. The van der Waals surface area contributed by atoms with Gasteiger partial charge < -0.3 is 10.2 Å². The molecule has 0 atom stereocenters. The summed E-state index contributed by atoms with van der Waals surface area (Å²) in [6, 6.07) is 12.3. The van der Waals surface area contributed by atoms with Crippen LogP contribution in [-0.2, 0) is 11.3 Å². The molecule has 1 aromatic carbocycles. The van der Waals surface area contributed by atoms with Gasteiger partial charge >= 0.3 is 0 Å². The molecule has 2 aliphatic rings. The fraction of sp³-hybridized carbons (Fsp3) is 0.455. The summed E-state index contributed by atoms with van der Waals surface area (Å²) in [6.07, 6.45) is 1.83. The lowest BCUT2D eigenvalue weighted by Gasteiger charge is -2.35. The van der Waals surface area contributed by atoms with Crippen LogP contribution < -0.4 is 10.2 Å². The highest BCUT2D eigenvalue weighted by Crippen LogP contribution is 2.18. The van der Waals surface area contributed by atoms with E-state index in [1.54, 1.807) is 0 Å². The molecule has 1 N–H and O–H groups in total. The van der Waals surface area contributed by atoms with E-state index in [2.05, 4.69) is 53.1 Å². The van der Waals surface area contributed by atoms with Crippen LogP contribution in [0.5, 0.6) is 0 Å². The Labute approximate surface area is 191 Å². The molecule has 0 saturated carbocycles. The van der Waals surface area contributed by atoms with Gasteiger partial charge in [0.15, 0.2) is 0 Å². The predicted octanol–water partition coefficient (Wildman–Crippen LogP) is 3.15. The number of hydrogen-bond donors (Lipinski definition) is 1. The molecule has 2 aromatic rings. The van der Waals surface area contributed by atoms with E-state index in [-0.39, 0.29) is 5.91 Å². The van der Waals surface area contributed by atoms with Crippen molar-refractivity contribution in [2.45, 2.75) is 6.54 Å². The second-order valence-corrected chi connectivity index (χ2v) is 9.88. The Kier molecular flexibility index (Phi) is 7.65. The van der Waals surface area contributed by atoms with E-state index in [9.17, 15) is 4.79 Å². The number of hydrogen-bond acceptors (Lipinski definition) is 6. The van der Waals surface area contributed by atoms with Crippen LogP contribution in [0.15, 0.2) is 47.1 Å². The van der Waals surface area contributed by atoms with Gasteiger partial charge in [-0.25, -0.2) is 4.98 Å². The maximum atomic E-state index is 12.6. The van der Waals surface area contributed by atoms with E-state index in [1.165, 1.54) is 17.1 Å². The number of halogens is 1. The minimum absolute atomic E-state index is 0.0525. The van der Waals surface area contributed by atoms with Crippen molar-refractivity contribution in [1.82, 2.24) is 14.8 Å². The molecule has 160 valence electrons. The van der Waals surface area contributed by atoms with Crippen LogP contribution in [0.4, 0.5) is 11.5 Å². The second-order valence-electron chi connectivity index (χ2n) is 7.73. The number of anilines is 2. The molecule has 8 heteroatoms. The average molecular weight is 490 g/mol. The maximum Gasteiger partial charge on any atom is 0.238 e. The van der Waals surface area contributed by atoms with E-state index in [1.807, 2.05) is 42.2 Å². The first-order valence-corrected chi connectivity index (χ1v) is 12.4. The number of amides is 1. The molecule has 1 amide bonds. The monoisotopic (exact) mass is 489 g/mol. The summed E-state index contributed by atoms with van der Waals surface area (Å²) in [7, 11) is 0. The van der Waals surface area contributed by atoms with E-state index in [4.69, 9.17) is 0 Å². The Morgan fingerprint density at radius 2 is 1.83 bits per heavy atom. The molecule has 1 aromatic heterocycles. The normalized spacial score (nSPS) is 18.4. The molecule has 3 heterocycles. The topological polar surface area (TPSA) is 51.7 Å². The lowest BCUT2D eigenvalue weighted by molar-refractivity contribution is -0.117. The minimum atomic E-state index is 0.0525. The Balaban J connectivity index is 1.24. The molecule has 0 unspecified atom stereocenters. The number of nitrogens with one attached hydrogen (secondary N) is 1. The van der Waals surface area contributed by atoms with Crippen molar-refractivity contribution in [3.05, 3.63) is 52.6 Å². The van der Waals surface area contributed by atoms with Gasteiger partial charge in [0, 0.05) is 73.7 Å². The lowest BCUT2D eigenvalue weighted by Crippen LogP contribution is -2.48. The van der Waals surface area contributed by atoms with Crippen molar-refractivity contribution < 1.29 is 4.79 Å². The summed E-state index contributed by atoms with van der Waals surface area (Å²) in [5, 5.41) is 3.08. The summed E-state index contributed by atoms with van der Waals surface area (Å²) in [4.78, 5) is 24.0. The zero-order valence-corrected chi connectivity index (χ0v) is 19.5. The molecule has 0 bridgehead atoms. The van der Waals surface area contributed by atoms with Crippen LogP contribution in [0.25, 0.3) is 0 Å². The van der Waals surface area contributed by atoms with Crippen molar-refractivity contribution >= 4 is 45.1 Å². The van der Waals surface area contributed by atoms with Gasteiger partial charge in [0.1, 0.15) is 5.82 Å². The fourth-order valence-electron chi connectivity index (χ4n) is 3.86. The van der Waals surface area contributed by atoms with E-state index >= 15 is 0 Å². The summed E-state index contributed by atoms with van der Waals surface area (Å²) >= 11 is 5.45. The van der Waals surface area contributed by atoms with Gasteiger partial charge in [-0.15, -0.1) is 0 Å². The maximum absolute atomic E-state index is 12.6. The molecule has 2 saturated heterocycles. The Bertz CT molecular complexity index is 836. The molecule has 4 rings (SSSR count). The van der Waals surface area contributed by atoms with Gasteiger partial charge in [0.2, 0.25) is 5.91 Å². The van der Waals surface area contributed by atoms with Crippen molar-refractivity contribution in [3.63, 3.8) is 0 Å².